The Morgan fingerprint density at radius 3 is 2.23 bits per heavy atom. The van der Waals surface area contributed by atoms with Gasteiger partial charge >= 0.3 is 5.97 Å². The van der Waals surface area contributed by atoms with E-state index in [2.05, 4.69) is 5.32 Å². The summed E-state index contributed by atoms with van der Waals surface area (Å²) in [5.74, 6) is -0.994. The van der Waals surface area contributed by atoms with E-state index in [1.807, 2.05) is 6.92 Å². The highest BCUT2D eigenvalue weighted by Gasteiger charge is 2.26. The molecule has 1 amide bonds. The Morgan fingerprint density at radius 1 is 1.38 bits per heavy atom. The van der Waals surface area contributed by atoms with Crippen LogP contribution in [0.1, 0.15) is 40.0 Å². The molecule has 0 fully saturated rings. The Kier molecular flexibility index (Phi) is 4.45. The lowest BCUT2D eigenvalue weighted by atomic mass is 9.94. The Morgan fingerprint density at radius 2 is 1.92 bits per heavy atom. The largest absolute Gasteiger partial charge is 0.481 e. The van der Waals surface area contributed by atoms with Gasteiger partial charge in [-0.05, 0) is 13.3 Å². The van der Waals surface area contributed by atoms with Crippen LogP contribution in [0.4, 0.5) is 0 Å². The first-order valence-corrected chi connectivity index (χ1v) is 4.46. The number of hydrogen-bond acceptors (Lipinski definition) is 2. The number of aliphatic carboxylic acids is 1. The van der Waals surface area contributed by atoms with Gasteiger partial charge in [-0.15, -0.1) is 0 Å². The second-order valence-corrected chi connectivity index (χ2v) is 3.39. The van der Waals surface area contributed by atoms with Gasteiger partial charge in [0.05, 0.1) is 6.42 Å². The lowest BCUT2D eigenvalue weighted by Crippen LogP contribution is -2.46. The minimum atomic E-state index is -0.888. The van der Waals surface area contributed by atoms with Crippen LogP contribution in [-0.2, 0) is 9.59 Å². The number of carbonyl (C=O) groups excluding carboxylic acids is 1. The van der Waals surface area contributed by atoms with Gasteiger partial charge in [0.2, 0.25) is 5.91 Å². The molecule has 0 aliphatic rings. The van der Waals surface area contributed by atoms with Crippen LogP contribution in [0.2, 0.25) is 0 Å². The van der Waals surface area contributed by atoms with Crippen LogP contribution in [0.25, 0.3) is 0 Å². The van der Waals surface area contributed by atoms with Crippen molar-refractivity contribution >= 4 is 11.9 Å². The molecule has 0 radical (unpaired) electrons. The number of hydrogen-bond donors (Lipinski definition) is 2. The first-order valence-electron chi connectivity index (χ1n) is 4.46. The summed E-state index contributed by atoms with van der Waals surface area (Å²) >= 11 is 0. The van der Waals surface area contributed by atoms with Crippen LogP contribution in [0.3, 0.4) is 0 Å². The van der Waals surface area contributed by atoms with Crippen LogP contribution >= 0.6 is 0 Å². The SMILES string of the molecule is CCC(=O)NC(C)(CC)CC(=O)O. The van der Waals surface area contributed by atoms with Crippen LogP contribution in [0, 0.1) is 0 Å². The molecule has 0 aliphatic heterocycles. The van der Waals surface area contributed by atoms with Crippen molar-refractivity contribution in [1.82, 2.24) is 5.32 Å². The second-order valence-electron chi connectivity index (χ2n) is 3.39. The van der Waals surface area contributed by atoms with Crippen molar-refractivity contribution in [3.8, 4) is 0 Å². The Balaban J connectivity index is 4.27. The fraction of sp³-hybridized carbons (Fsp3) is 0.778. The molecule has 4 heteroatoms. The number of rotatable bonds is 5. The van der Waals surface area contributed by atoms with E-state index in [-0.39, 0.29) is 12.3 Å². The van der Waals surface area contributed by atoms with Crippen molar-refractivity contribution < 1.29 is 14.7 Å². The highest BCUT2D eigenvalue weighted by molar-refractivity contribution is 5.77. The van der Waals surface area contributed by atoms with E-state index in [1.165, 1.54) is 0 Å². The van der Waals surface area contributed by atoms with E-state index in [0.717, 1.165) is 0 Å². The van der Waals surface area contributed by atoms with Crippen LogP contribution in [0.15, 0.2) is 0 Å². The zero-order valence-electron chi connectivity index (χ0n) is 8.39. The van der Waals surface area contributed by atoms with Gasteiger partial charge in [0, 0.05) is 12.0 Å². The highest BCUT2D eigenvalue weighted by atomic mass is 16.4. The Bertz CT molecular complexity index is 203. The lowest BCUT2D eigenvalue weighted by Gasteiger charge is -2.27. The third kappa shape index (κ3) is 4.50. The molecule has 0 saturated heterocycles. The number of carbonyl (C=O) groups is 2. The quantitative estimate of drug-likeness (QED) is 0.678. The molecule has 0 bridgehead atoms. The monoisotopic (exact) mass is 187 g/mol. The molecule has 0 saturated carbocycles. The smallest absolute Gasteiger partial charge is 0.305 e. The maximum absolute atomic E-state index is 11.1. The Hall–Kier alpha value is -1.06. The summed E-state index contributed by atoms with van der Waals surface area (Å²) in [4.78, 5) is 21.6. The topological polar surface area (TPSA) is 66.4 Å². The third-order valence-corrected chi connectivity index (χ3v) is 2.08. The molecular formula is C9H17NO3. The summed E-state index contributed by atoms with van der Waals surface area (Å²) in [5.41, 5.74) is -0.612. The fourth-order valence-corrected chi connectivity index (χ4v) is 1.02. The van der Waals surface area contributed by atoms with E-state index < -0.39 is 11.5 Å². The summed E-state index contributed by atoms with van der Waals surface area (Å²) in [6, 6.07) is 0. The molecule has 0 aromatic rings. The highest BCUT2D eigenvalue weighted by Crippen LogP contribution is 2.14. The van der Waals surface area contributed by atoms with Gasteiger partial charge in [-0.1, -0.05) is 13.8 Å². The summed E-state index contributed by atoms with van der Waals surface area (Å²) in [5, 5.41) is 11.3. The summed E-state index contributed by atoms with van der Waals surface area (Å²) < 4.78 is 0. The zero-order chi connectivity index (χ0) is 10.5. The minimum absolute atomic E-state index is 0.0325. The van der Waals surface area contributed by atoms with Gasteiger partial charge in [-0.3, -0.25) is 9.59 Å². The first kappa shape index (κ1) is 11.9. The van der Waals surface area contributed by atoms with Crippen LogP contribution in [0.5, 0.6) is 0 Å². The molecule has 0 rings (SSSR count). The molecule has 2 N–H and O–H groups in total. The molecule has 1 atom stereocenters. The third-order valence-electron chi connectivity index (χ3n) is 2.08. The number of carboxylic acid groups (broad SMARTS) is 1. The predicted octanol–water partition coefficient (Wildman–Crippen LogP) is 1.16. The lowest BCUT2D eigenvalue weighted by molar-refractivity contribution is -0.139. The molecule has 0 aromatic carbocycles. The molecule has 0 aromatic heterocycles. The van der Waals surface area contributed by atoms with Gasteiger partial charge in [-0.25, -0.2) is 0 Å². The average molecular weight is 187 g/mol. The standard InChI is InChI=1S/C9H17NO3/c1-4-7(11)10-9(3,5-2)6-8(12)13/h4-6H2,1-3H3,(H,10,11)(H,12,13). The predicted molar refractivity (Wildman–Crippen MR) is 49.4 cm³/mol. The van der Waals surface area contributed by atoms with E-state index >= 15 is 0 Å². The summed E-state index contributed by atoms with van der Waals surface area (Å²) in [6.45, 7) is 5.35. The first-order chi connectivity index (χ1) is 5.93. The van der Waals surface area contributed by atoms with Crippen molar-refractivity contribution in [2.75, 3.05) is 0 Å². The molecule has 0 heterocycles. The second kappa shape index (κ2) is 4.84. The minimum Gasteiger partial charge on any atom is -0.481 e. The normalized spacial score (nSPS) is 14.7. The molecule has 4 nitrogen and oxygen atoms in total. The molecule has 0 spiro atoms. The molecule has 76 valence electrons. The maximum atomic E-state index is 11.1. The van der Waals surface area contributed by atoms with Crippen LogP contribution in [-0.4, -0.2) is 22.5 Å². The number of carboxylic acids is 1. The molecule has 0 aliphatic carbocycles. The van der Waals surface area contributed by atoms with Crippen molar-refractivity contribution in [3.05, 3.63) is 0 Å². The molecule has 13 heavy (non-hydrogen) atoms. The summed E-state index contributed by atoms with van der Waals surface area (Å²) in [6.07, 6.45) is 0.968. The Labute approximate surface area is 78.3 Å². The van der Waals surface area contributed by atoms with E-state index in [4.69, 9.17) is 5.11 Å². The fourth-order valence-electron chi connectivity index (χ4n) is 1.02. The number of nitrogens with one attached hydrogen (secondary N) is 1. The number of amides is 1. The maximum Gasteiger partial charge on any atom is 0.305 e. The van der Waals surface area contributed by atoms with Crippen molar-refractivity contribution in [2.45, 2.75) is 45.6 Å². The van der Waals surface area contributed by atoms with Gasteiger partial charge in [0.15, 0.2) is 0 Å². The zero-order valence-corrected chi connectivity index (χ0v) is 8.39. The van der Waals surface area contributed by atoms with Crippen molar-refractivity contribution in [1.29, 1.82) is 0 Å². The van der Waals surface area contributed by atoms with Gasteiger partial charge in [0.1, 0.15) is 0 Å². The van der Waals surface area contributed by atoms with Gasteiger partial charge < -0.3 is 10.4 Å². The van der Waals surface area contributed by atoms with E-state index in [9.17, 15) is 9.59 Å². The van der Waals surface area contributed by atoms with Crippen molar-refractivity contribution in [2.24, 2.45) is 0 Å². The van der Waals surface area contributed by atoms with Crippen LogP contribution < -0.4 is 5.32 Å². The molecular weight excluding hydrogens is 170 g/mol. The van der Waals surface area contributed by atoms with Gasteiger partial charge in [0.25, 0.3) is 0 Å². The molecule has 1 unspecified atom stereocenters. The van der Waals surface area contributed by atoms with E-state index in [0.29, 0.717) is 12.8 Å². The summed E-state index contributed by atoms with van der Waals surface area (Å²) in [7, 11) is 0. The van der Waals surface area contributed by atoms with Crippen molar-refractivity contribution in [3.63, 3.8) is 0 Å². The average Bonchev–Trinajstić information content (AvgIpc) is 2.02. The van der Waals surface area contributed by atoms with E-state index in [1.54, 1.807) is 13.8 Å². The van der Waals surface area contributed by atoms with Gasteiger partial charge in [-0.2, -0.15) is 0 Å².